The Labute approximate surface area is 532 Å². The number of aliphatic hydroxyl groups is 1. The number of esters is 2. The molecule has 0 bridgehead atoms. The van der Waals surface area contributed by atoms with Gasteiger partial charge in [0.2, 0.25) is 0 Å². The average Bonchev–Trinajstić information content (AvgIpc) is 3.53. The first kappa shape index (κ1) is 81.3. The van der Waals surface area contributed by atoms with Gasteiger partial charge in [0, 0.05) is 12.8 Å². The Hall–Kier alpha value is -4.74. The van der Waals surface area contributed by atoms with Crippen molar-refractivity contribution in [2.75, 3.05) is 13.2 Å². The minimum Gasteiger partial charge on any atom is -0.462 e. The maximum absolute atomic E-state index is 12.4. The highest BCUT2D eigenvalue weighted by Crippen LogP contribution is 2.17. The molecule has 0 fully saturated rings. The molecule has 0 amide bonds. The molecule has 1 N–H and O–H groups in total. The standard InChI is InChI=1S/C81H132O5/c1-3-5-7-9-11-13-15-17-19-21-23-25-27-29-31-33-35-37-39-40-42-44-46-48-50-52-54-56-58-60-62-64-66-68-70-72-74-76-81(84)86-79(77-82)78-85-80(83)75-73-71-69-67-65-63-61-59-57-55-53-51-49-47-45-43-41-38-36-34-32-30-28-26-24-22-20-18-16-14-12-10-8-6-4-2/h5-8,11-14,17-20,23-26,29-32,35-38,40,42-43,45,79,82H,3-4,9-10,15-16,21-22,27-28,33-34,39,41,44,46-78H2,1-2H3/b7-5-,8-6-,13-11-,14-12-,19-17-,20-18-,25-23-,26-24-,31-29-,32-30-,37-35-,38-36-,42-40-,45-43-. The topological polar surface area (TPSA) is 72.8 Å². The maximum Gasteiger partial charge on any atom is 0.306 e. The third-order valence-electron chi connectivity index (χ3n) is 15.0. The molecular weight excluding hydrogens is 1050 g/mol. The second-order valence-corrected chi connectivity index (χ2v) is 23.2. The highest BCUT2D eigenvalue weighted by atomic mass is 16.6. The average molecular weight is 1190 g/mol. The highest BCUT2D eigenvalue weighted by Gasteiger charge is 2.16. The summed E-state index contributed by atoms with van der Waals surface area (Å²) < 4.78 is 10.8. The summed E-state index contributed by atoms with van der Waals surface area (Å²) in [5.74, 6) is -0.592. The zero-order chi connectivity index (χ0) is 61.9. The zero-order valence-electron chi connectivity index (χ0n) is 55.8. The molecule has 0 aliphatic carbocycles. The Balaban J connectivity index is 3.51. The number of rotatable bonds is 64. The second kappa shape index (κ2) is 74.5. The molecule has 5 nitrogen and oxygen atoms in total. The van der Waals surface area contributed by atoms with E-state index in [0.29, 0.717) is 12.8 Å². The van der Waals surface area contributed by atoms with Crippen LogP contribution >= 0.6 is 0 Å². The molecule has 0 heterocycles. The van der Waals surface area contributed by atoms with Crippen molar-refractivity contribution in [3.05, 3.63) is 170 Å². The van der Waals surface area contributed by atoms with Crippen molar-refractivity contribution in [3.63, 3.8) is 0 Å². The molecule has 0 aromatic rings. The van der Waals surface area contributed by atoms with E-state index in [1.807, 2.05) is 0 Å². The molecule has 0 saturated carbocycles. The number of allylic oxidation sites excluding steroid dienone is 28. The molecular formula is C81H132O5. The summed E-state index contributed by atoms with van der Waals surface area (Å²) in [7, 11) is 0. The lowest BCUT2D eigenvalue weighted by molar-refractivity contribution is -0.161. The monoisotopic (exact) mass is 1190 g/mol. The molecule has 86 heavy (non-hydrogen) atoms. The SMILES string of the molecule is CC/C=C\C/C=C\C/C=C\C/C=C\C/C=C\C/C=C\C/C=C\CCCCCCCCCCCCCCCCCC(=O)OC(CO)COC(=O)CCCCCCCCCCCCCCC/C=C\C/C=C\C/C=C\C/C=C\C/C=C\C/C=C\C/C=C\CC. The predicted molar refractivity (Wildman–Crippen MR) is 380 cm³/mol. The van der Waals surface area contributed by atoms with Gasteiger partial charge < -0.3 is 14.6 Å². The number of carbonyl (C=O) groups excluding carboxylic acids is 2. The van der Waals surface area contributed by atoms with Crippen LogP contribution in [0.15, 0.2) is 170 Å². The van der Waals surface area contributed by atoms with Gasteiger partial charge in [-0.3, -0.25) is 9.59 Å². The van der Waals surface area contributed by atoms with E-state index >= 15 is 0 Å². The van der Waals surface area contributed by atoms with Crippen LogP contribution in [-0.4, -0.2) is 36.4 Å². The molecule has 1 unspecified atom stereocenters. The van der Waals surface area contributed by atoms with E-state index in [0.717, 1.165) is 128 Å². The lowest BCUT2D eigenvalue weighted by Gasteiger charge is -2.15. The number of aliphatic hydroxyl groups excluding tert-OH is 1. The fourth-order valence-corrected chi connectivity index (χ4v) is 9.75. The molecule has 0 rings (SSSR count). The summed E-state index contributed by atoms with van der Waals surface area (Å²) in [6.07, 6.45) is 115. The molecule has 0 spiro atoms. The summed E-state index contributed by atoms with van der Waals surface area (Å²) >= 11 is 0. The Morgan fingerprint density at radius 3 is 0.698 bits per heavy atom. The first-order valence-electron chi connectivity index (χ1n) is 35.7. The van der Waals surface area contributed by atoms with Crippen molar-refractivity contribution < 1.29 is 24.2 Å². The molecule has 1 atom stereocenters. The van der Waals surface area contributed by atoms with Gasteiger partial charge in [-0.1, -0.05) is 338 Å². The lowest BCUT2D eigenvalue weighted by Crippen LogP contribution is -2.28. The molecule has 486 valence electrons. The Bertz CT molecular complexity index is 1870. The first-order chi connectivity index (χ1) is 42.6. The molecule has 0 saturated heterocycles. The van der Waals surface area contributed by atoms with Gasteiger partial charge in [-0.2, -0.15) is 0 Å². The van der Waals surface area contributed by atoms with Gasteiger partial charge >= 0.3 is 11.9 Å². The van der Waals surface area contributed by atoms with Crippen LogP contribution in [0.2, 0.25) is 0 Å². The minimum absolute atomic E-state index is 0.0729. The normalized spacial score (nSPS) is 13.3. The van der Waals surface area contributed by atoms with Crippen LogP contribution in [0, 0.1) is 0 Å². The van der Waals surface area contributed by atoms with Crippen LogP contribution < -0.4 is 0 Å². The van der Waals surface area contributed by atoms with E-state index in [-0.39, 0.29) is 25.2 Å². The molecule has 5 heteroatoms. The molecule has 0 aliphatic heterocycles. The largest absolute Gasteiger partial charge is 0.462 e. The van der Waals surface area contributed by atoms with E-state index in [4.69, 9.17) is 9.47 Å². The Kier molecular flexibility index (Phi) is 70.4. The molecule has 0 radical (unpaired) electrons. The summed E-state index contributed by atoms with van der Waals surface area (Å²) in [6, 6.07) is 0. The fourth-order valence-electron chi connectivity index (χ4n) is 9.75. The van der Waals surface area contributed by atoms with Crippen LogP contribution in [0.1, 0.15) is 309 Å². The van der Waals surface area contributed by atoms with Crippen LogP contribution in [0.5, 0.6) is 0 Å². The number of hydrogen-bond donors (Lipinski definition) is 1. The number of unbranched alkanes of at least 4 members (excludes halogenated alkanes) is 28. The summed E-state index contributed by atoms with van der Waals surface area (Å²) in [4.78, 5) is 24.7. The first-order valence-corrected chi connectivity index (χ1v) is 35.7. The maximum atomic E-state index is 12.4. The van der Waals surface area contributed by atoms with Crippen molar-refractivity contribution in [3.8, 4) is 0 Å². The van der Waals surface area contributed by atoms with Gasteiger partial charge in [-0.25, -0.2) is 0 Å². The Morgan fingerprint density at radius 1 is 0.267 bits per heavy atom. The smallest absolute Gasteiger partial charge is 0.306 e. The van der Waals surface area contributed by atoms with Crippen molar-refractivity contribution in [1.29, 1.82) is 0 Å². The number of carbonyl (C=O) groups is 2. The van der Waals surface area contributed by atoms with Gasteiger partial charge in [0.1, 0.15) is 6.61 Å². The van der Waals surface area contributed by atoms with Crippen LogP contribution in [0.3, 0.4) is 0 Å². The Morgan fingerprint density at radius 2 is 0.465 bits per heavy atom. The third-order valence-corrected chi connectivity index (χ3v) is 15.0. The number of hydrogen-bond acceptors (Lipinski definition) is 5. The highest BCUT2D eigenvalue weighted by molar-refractivity contribution is 5.70. The summed E-state index contributed by atoms with van der Waals surface area (Å²) in [5, 5.41) is 9.71. The molecule has 0 aliphatic rings. The summed E-state index contributed by atoms with van der Waals surface area (Å²) in [5.41, 5.74) is 0. The second-order valence-electron chi connectivity index (χ2n) is 23.2. The van der Waals surface area contributed by atoms with Crippen LogP contribution in [-0.2, 0) is 19.1 Å². The molecule has 0 aromatic carbocycles. The van der Waals surface area contributed by atoms with Crippen molar-refractivity contribution in [2.45, 2.75) is 315 Å². The fraction of sp³-hybridized carbons (Fsp3) is 0.630. The van der Waals surface area contributed by atoms with Crippen LogP contribution in [0.25, 0.3) is 0 Å². The summed E-state index contributed by atoms with van der Waals surface area (Å²) in [6.45, 7) is 3.92. The molecule has 0 aromatic heterocycles. The predicted octanol–water partition coefficient (Wildman–Crippen LogP) is 25.2. The minimum atomic E-state index is -0.784. The van der Waals surface area contributed by atoms with E-state index in [1.54, 1.807) is 0 Å². The van der Waals surface area contributed by atoms with Crippen molar-refractivity contribution >= 4 is 11.9 Å². The number of ether oxygens (including phenoxy) is 2. The van der Waals surface area contributed by atoms with E-state index < -0.39 is 6.10 Å². The van der Waals surface area contributed by atoms with Gasteiger partial charge in [0.15, 0.2) is 6.10 Å². The quantitative estimate of drug-likeness (QED) is 0.0373. The van der Waals surface area contributed by atoms with E-state index in [2.05, 4.69) is 184 Å². The zero-order valence-corrected chi connectivity index (χ0v) is 55.8. The van der Waals surface area contributed by atoms with Gasteiger partial charge in [0.25, 0.3) is 0 Å². The van der Waals surface area contributed by atoms with Gasteiger partial charge in [0.05, 0.1) is 6.61 Å². The lowest BCUT2D eigenvalue weighted by atomic mass is 10.0. The van der Waals surface area contributed by atoms with Crippen molar-refractivity contribution in [2.24, 2.45) is 0 Å². The van der Waals surface area contributed by atoms with E-state index in [9.17, 15) is 14.7 Å². The van der Waals surface area contributed by atoms with Crippen LogP contribution in [0.4, 0.5) is 0 Å². The van der Waals surface area contributed by atoms with Crippen molar-refractivity contribution in [1.82, 2.24) is 0 Å². The van der Waals surface area contributed by atoms with Gasteiger partial charge in [-0.05, 0) is 128 Å². The third kappa shape index (κ3) is 71.7. The van der Waals surface area contributed by atoms with E-state index in [1.165, 1.54) is 154 Å². The van der Waals surface area contributed by atoms with Gasteiger partial charge in [-0.15, -0.1) is 0 Å².